The molecule has 0 aromatic carbocycles. The molecule has 0 amide bonds. The van der Waals surface area contributed by atoms with Gasteiger partial charge in [-0.25, -0.2) is 9.78 Å². The Bertz CT molecular complexity index is 585. The van der Waals surface area contributed by atoms with Crippen molar-refractivity contribution in [3.63, 3.8) is 0 Å². The molecule has 1 aliphatic heterocycles. The average Bonchev–Trinajstić information content (AvgIpc) is 2.99. The zero-order valence-corrected chi connectivity index (χ0v) is 10.0. The number of rotatable bonds is 3. The molecule has 0 atom stereocenters. The van der Waals surface area contributed by atoms with E-state index in [9.17, 15) is 4.79 Å². The Morgan fingerprint density at radius 2 is 2.17 bits per heavy atom. The van der Waals surface area contributed by atoms with Crippen LogP contribution in [-0.2, 0) is 6.54 Å². The maximum atomic E-state index is 10.9. The van der Waals surface area contributed by atoms with E-state index in [2.05, 4.69) is 9.88 Å². The fourth-order valence-corrected chi connectivity index (χ4v) is 2.45. The number of fused-ring (bicyclic) bond motifs is 1. The summed E-state index contributed by atoms with van der Waals surface area (Å²) < 4.78 is 1.96. The van der Waals surface area contributed by atoms with Gasteiger partial charge in [0, 0.05) is 12.7 Å². The molecule has 0 unspecified atom stereocenters. The quantitative estimate of drug-likeness (QED) is 0.893. The molecule has 5 nitrogen and oxygen atoms in total. The molecule has 94 valence electrons. The normalized spacial score (nSPS) is 16.4. The number of carboxylic acid groups (broad SMARTS) is 1. The van der Waals surface area contributed by atoms with Gasteiger partial charge in [-0.2, -0.15) is 0 Å². The first kappa shape index (κ1) is 11.2. The summed E-state index contributed by atoms with van der Waals surface area (Å²) in [7, 11) is 0. The summed E-state index contributed by atoms with van der Waals surface area (Å²) in [5.74, 6) is -0.915. The molecule has 1 fully saturated rings. The minimum Gasteiger partial charge on any atom is -0.478 e. The van der Waals surface area contributed by atoms with Gasteiger partial charge in [0.2, 0.25) is 0 Å². The number of aromatic carboxylic acids is 1. The fourth-order valence-electron chi connectivity index (χ4n) is 2.45. The average molecular weight is 245 g/mol. The Morgan fingerprint density at radius 3 is 2.89 bits per heavy atom. The lowest BCUT2D eigenvalue weighted by Gasteiger charge is -2.13. The molecule has 3 rings (SSSR count). The first-order chi connectivity index (χ1) is 8.74. The molecule has 2 aromatic rings. The Balaban J connectivity index is 1.91. The second-order valence-corrected chi connectivity index (χ2v) is 4.68. The molecule has 0 spiro atoms. The van der Waals surface area contributed by atoms with Crippen LogP contribution in [0, 0.1) is 0 Å². The van der Waals surface area contributed by atoms with Gasteiger partial charge in [-0.05, 0) is 38.1 Å². The summed E-state index contributed by atoms with van der Waals surface area (Å²) >= 11 is 0. The minimum absolute atomic E-state index is 0.279. The van der Waals surface area contributed by atoms with Crippen LogP contribution < -0.4 is 0 Å². The van der Waals surface area contributed by atoms with Gasteiger partial charge < -0.3 is 9.51 Å². The van der Waals surface area contributed by atoms with E-state index >= 15 is 0 Å². The number of pyridine rings is 1. The van der Waals surface area contributed by atoms with Gasteiger partial charge in [0.1, 0.15) is 5.65 Å². The highest BCUT2D eigenvalue weighted by Gasteiger charge is 2.14. The van der Waals surface area contributed by atoms with Crippen LogP contribution in [0.15, 0.2) is 24.5 Å². The molecule has 5 heteroatoms. The van der Waals surface area contributed by atoms with Crippen LogP contribution in [0.25, 0.3) is 5.65 Å². The third kappa shape index (κ3) is 1.97. The maximum Gasteiger partial charge on any atom is 0.335 e. The first-order valence-electron chi connectivity index (χ1n) is 6.16. The monoisotopic (exact) mass is 245 g/mol. The molecule has 0 radical (unpaired) electrons. The number of hydrogen-bond acceptors (Lipinski definition) is 3. The van der Waals surface area contributed by atoms with E-state index in [-0.39, 0.29) is 5.56 Å². The number of aromatic nitrogens is 2. The van der Waals surface area contributed by atoms with E-state index in [1.165, 1.54) is 12.8 Å². The van der Waals surface area contributed by atoms with Crippen molar-refractivity contribution in [2.45, 2.75) is 19.4 Å². The Kier molecular flexibility index (Phi) is 2.76. The highest BCUT2D eigenvalue weighted by molar-refractivity contribution is 5.88. The second kappa shape index (κ2) is 4.42. The molecule has 1 saturated heterocycles. The van der Waals surface area contributed by atoms with Gasteiger partial charge >= 0.3 is 5.97 Å². The fraction of sp³-hybridized carbons (Fsp3) is 0.385. The molecular formula is C13H15N3O2. The Morgan fingerprint density at radius 1 is 1.39 bits per heavy atom. The number of likely N-dealkylation sites (tertiary alicyclic amines) is 1. The summed E-state index contributed by atoms with van der Waals surface area (Å²) in [4.78, 5) is 17.6. The van der Waals surface area contributed by atoms with Crippen molar-refractivity contribution >= 4 is 11.6 Å². The first-order valence-corrected chi connectivity index (χ1v) is 6.16. The van der Waals surface area contributed by atoms with Crippen molar-refractivity contribution in [3.8, 4) is 0 Å². The van der Waals surface area contributed by atoms with Gasteiger partial charge in [-0.3, -0.25) is 4.90 Å². The molecule has 0 bridgehead atoms. The van der Waals surface area contributed by atoms with Crippen LogP contribution in [-0.4, -0.2) is 38.4 Å². The van der Waals surface area contributed by atoms with Crippen molar-refractivity contribution in [1.29, 1.82) is 0 Å². The molecule has 0 saturated carbocycles. The summed E-state index contributed by atoms with van der Waals surface area (Å²) in [6, 6.07) is 3.22. The van der Waals surface area contributed by atoms with E-state index in [4.69, 9.17) is 5.11 Å². The Labute approximate surface area is 105 Å². The molecule has 18 heavy (non-hydrogen) atoms. The predicted octanol–water partition coefficient (Wildman–Crippen LogP) is 1.63. The van der Waals surface area contributed by atoms with Gasteiger partial charge in [0.05, 0.1) is 17.5 Å². The third-order valence-corrected chi connectivity index (χ3v) is 3.42. The summed E-state index contributed by atoms with van der Waals surface area (Å²) in [5, 5.41) is 8.94. The van der Waals surface area contributed by atoms with E-state index < -0.39 is 5.97 Å². The van der Waals surface area contributed by atoms with E-state index in [1.54, 1.807) is 18.3 Å². The highest BCUT2D eigenvalue weighted by Crippen LogP contribution is 2.15. The Hall–Kier alpha value is -1.88. The second-order valence-electron chi connectivity index (χ2n) is 4.68. The minimum atomic E-state index is -0.915. The molecular weight excluding hydrogens is 230 g/mol. The molecule has 0 aliphatic carbocycles. The summed E-state index contributed by atoms with van der Waals surface area (Å²) in [5.41, 5.74) is 2.09. The van der Waals surface area contributed by atoms with E-state index in [1.807, 2.05) is 10.6 Å². The van der Waals surface area contributed by atoms with Crippen molar-refractivity contribution in [1.82, 2.24) is 14.3 Å². The van der Waals surface area contributed by atoms with Gasteiger partial charge in [-0.1, -0.05) is 0 Å². The smallest absolute Gasteiger partial charge is 0.335 e. The van der Waals surface area contributed by atoms with Crippen LogP contribution in [0.2, 0.25) is 0 Å². The lowest BCUT2D eigenvalue weighted by atomic mass is 10.2. The molecule has 1 aliphatic rings. The topological polar surface area (TPSA) is 57.8 Å². The number of imidazole rings is 1. The van der Waals surface area contributed by atoms with Gasteiger partial charge in [-0.15, -0.1) is 0 Å². The lowest BCUT2D eigenvalue weighted by molar-refractivity contribution is 0.0697. The van der Waals surface area contributed by atoms with E-state index in [0.717, 1.165) is 25.3 Å². The third-order valence-electron chi connectivity index (χ3n) is 3.42. The van der Waals surface area contributed by atoms with Crippen molar-refractivity contribution in [2.75, 3.05) is 13.1 Å². The van der Waals surface area contributed by atoms with Crippen LogP contribution in [0.5, 0.6) is 0 Å². The zero-order valence-electron chi connectivity index (χ0n) is 10.0. The van der Waals surface area contributed by atoms with Crippen LogP contribution in [0.4, 0.5) is 0 Å². The van der Waals surface area contributed by atoms with Crippen molar-refractivity contribution in [2.24, 2.45) is 0 Å². The number of hydrogen-bond donors (Lipinski definition) is 1. The highest BCUT2D eigenvalue weighted by atomic mass is 16.4. The van der Waals surface area contributed by atoms with Crippen LogP contribution in [0.1, 0.15) is 28.9 Å². The largest absolute Gasteiger partial charge is 0.478 e. The SMILES string of the molecule is O=C(O)c1ccn2c(CN3CCCC3)cnc2c1. The summed E-state index contributed by atoms with van der Waals surface area (Å²) in [6.07, 6.45) is 6.15. The molecule has 3 heterocycles. The predicted molar refractivity (Wildman–Crippen MR) is 66.7 cm³/mol. The zero-order chi connectivity index (χ0) is 12.5. The standard InChI is InChI=1S/C13H15N3O2/c17-13(18)10-3-6-16-11(8-14-12(16)7-10)9-15-4-1-2-5-15/h3,6-8H,1-2,4-5,9H2,(H,17,18). The van der Waals surface area contributed by atoms with Crippen molar-refractivity contribution < 1.29 is 9.90 Å². The van der Waals surface area contributed by atoms with E-state index in [0.29, 0.717) is 5.65 Å². The maximum absolute atomic E-state index is 10.9. The lowest BCUT2D eigenvalue weighted by Crippen LogP contribution is -2.19. The van der Waals surface area contributed by atoms with Crippen molar-refractivity contribution in [3.05, 3.63) is 35.8 Å². The summed E-state index contributed by atoms with van der Waals surface area (Å²) in [6.45, 7) is 3.16. The van der Waals surface area contributed by atoms with Crippen LogP contribution >= 0.6 is 0 Å². The number of carboxylic acids is 1. The molecule has 1 N–H and O–H groups in total. The number of carbonyl (C=O) groups is 1. The van der Waals surface area contributed by atoms with Gasteiger partial charge in [0.25, 0.3) is 0 Å². The van der Waals surface area contributed by atoms with Gasteiger partial charge in [0.15, 0.2) is 0 Å². The van der Waals surface area contributed by atoms with Crippen LogP contribution in [0.3, 0.4) is 0 Å². The molecule has 2 aromatic heterocycles. The number of nitrogens with zero attached hydrogens (tertiary/aromatic N) is 3.